The topological polar surface area (TPSA) is 111 Å². The third-order valence-corrected chi connectivity index (χ3v) is 2.68. The maximum Gasteiger partial charge on any atom is 0.422 e. The molecule has 1 aromatic carbocycles. The molecule has 0 atom stereocenters. The average molecular weight is 277 g/mol. The van der Waals surface area contributed by atoms with Gasteiger partial charge in [0.15, 0.2) is 0 Å². The molecule has 0 fully saturated rings. The third-order valence-electron chi connectivity index (χ3n) is 1.78. The normalized spacial score (nSPS) is 10.8. The number of rotatable bonds is 4. The van der Waals surface area contributed by atoms with Crippen molar-refractivity contribution >= 4 is 27.7 Å². The van der Waals surface area contributed by atoms with Gasteiger partial charge in [0.05, 0.1) is 12.3 Å². The van der Waals surface area contributed by atoms with Gasteiger partial charge in [0.25, 0.3) is 0 Å². The van der Waals surface area contributed by atoms with Crippen molar-refractivity contribution in [3.63, 3.8) is 0 Å². The minimum absolute atomic E-state index is 0.00316. The molecule has 0 saturated carbocycles. The lowest BCUT2D eigenvalue weighted by atomic mass is 10.3. The van der Waals surface area contributed by atoms with Crippen LogP contribution in [0.25, 0.3) is 0 Å². The first kappa shape index (κ1) is 14.0. The SMILES string of the molecule is CCOC(=O)NS(=O)(=O)Nc1c(N)cccc1F. The molecule has 0 aliphatic heterocycles. The van der Waals surface area contributed by atoms with Crippen molar-refractivity contribution in [2.24, 2.45) is 0 Å². The first-order valence-corrected chi connectivity index (χ1v) is 6.35. The monoisotopic (exact) mass is 277 g/mol. The highest BCUT2D eigenvalue weighted by atomic mass is 32.2. The largest absolute Gasteiger partial charge is 0.449 e. The van der Waals surface area contributed by atoms with Gasteiger partial charge >= 0.3 is 16.3 Å². The number of carbonyl (C=O) groups excluding carboxylic acids is 1. The molecule has 100 valence electrons. The molecule has 7 nitrogen and oxygen atoms in total. The van der Waals surface area contributed by atoms with E-state index in [2.05, 4.69) is 4.74 Å². The molecule has 0 saturated heterocycles. The van der Waals surface area contributed by atoms with Gasteiger partial charge in [-0.1, -0.05) is 6.07 Å². The number of benzene rings is 1. The van der Waals surface area contributed by atoms with Crippen molar-refractivity contribution in [1.82, 2.24) is 4.72 Å². The van der Waals surface area contributed by atoms with Crippen LogP contribution in [-0.2, 0) is 14.9 Å². The number of para-hydroxylation sites is 1. The highest BCUT2D eigenvalue weighted by molar-refractivity contribution is 7.91. The van der Waals surface area contributed by atoms with Crippen LogP contribution in [0, 0.1) is 5.82 Å². The molecule has 0 aliphatic rings. The Morgan fingerprint density at radius 1 is 1.50 bits per heavy atom. The second-order valence-electron chi connectivity index (χ2n) is 3.13. The summed E-state index contributed by atoms with van der Waals surface area (Å²) in [5.74, 6) is -0.857. The Hall–Kier alpha value is -2.03. The molecule has 18 heavy (non-hydrogen) atoms. The fourth-order valence-corrected chi connectivity index (χ4v) is 1.89. The number of nitrogens with one attached hydrogen (secondary N) is 2. The highest BCUT2D eigenvalue weighted by Crippen LogP contribution is 2.22. The molecule has 1 aromatic rings. The maximum atomic E-state index is 13.3. The van der Waals surface area contributed by atoms with E-state index in [1.807, 2.05) is 0 Å². The van der Waals surface area contributed by atoms with Gasteiger partial charge in [-0.3, -0.25) is 4.72 Å². The molecular weight excluding hydrogens is 265 g/mol. The molecule has 0 spiro atoms. The predicted molar refractivity (Wildman–Crippen MR) is 63.5 cm³/mol. The minimum Gasteiger partial charge on any atom is -0.449 e. The van der Waals surface area contributed by atoms with Crippen LogP contribution in [0.1, 0.15) is 6.92 Å². The number of carbonyl (C=O) groups is 1. The molecule has 0 heterocycles. The first-order valence-electron chi connectivity index (χ1n) is 4.87. The van der Waals surface area contributed by atoms with Crippen LogP contribution in [0.4, 0.5) is 20.6 Å². The predicted octanol–water partition coefficient (Wildman–Crippen LogP) is 0.811. The van der Waals surface area contributed by atoms with Gasteiger partial charge < -0.3 is 10.5 Å². The van der Waals surface area contributed by atoms with Crippen molar-refractivity contribution in [3.8, 4) is 0 Å². The molecule has 0 radical (unpaired) electrons. The van der Waals surface area contributed by atoms with Crippen molar-refractivity contribution in [2.75, 3.05) is 17.1 Å². The Kier molecular flexibility index (Phi) is 4.32. The summed E-state index contributed by atoms with van der Waals surface area (Å²) in [6, 6.07) is 3.66. The summed E-state index contributed by atoms with van der Waals surface area (Å²) < 4.78 is 43.9. The van der Waals surface area contributed by atoms with Crippen molar-refractivity contribution < 1.29 is 22.3 Å². The van der Waals surface area contributed by atoms with E-state index in [0.29, 0.717) is 0 Å². The third kappa shape index (κ3) is 3.77. The van der Waals surface area contributed by atoms with E-state index >= 15 is 0 Å². The van der Waals surface area contributed by atoms with Gasteiger partial charge in [-0.05, 0) is 19.1 Å². The zero-order chi connectivity index (χ0) is 13.8. The fraction of sp³-hybridized carbons (Fsp3) is 0.222. The van der Waals surface area contributed by atoms with Crippen molar-refractivity contribution in [2.45, 2.75) is 6.92 Å². The smallest absolute Gasteiger partial charge is 0.422 e. The molecule has 0 aromatic heterocycles. The lowest BCUT2D eigenvalue weighted by Gasteiger charge is -2.11. The maximum absolute atomic E-state index is 13.3. The molecule has 0 bridgehead atoms. The van der Waals surface area contributed by atoms with Gasteiger partial charge in [-0.15, -0.1) is 0 Å². The number of ether oxygens (including phenoxy) is 1. The summed E-state index contributed by atoms with van der Waals surface area (Å²) >= 11 is 0. The Balaban J connectivity index is 2.86. The summed E-state index contributed by atoms with van der Waals surface area (Å²) in [5.41, 5.74) is 4.86. The molecule has 0 unspecified atom stereocenters. The molecule has 4 N–H and O–H groups in total. The van der Waals surface area contributed by atoms with Gasteiger partial charge in [-0.2, -0.15) is 8.42 Å². The molecule has 9 heteroatoms. The first-order chi connectivity index (χ1) is 8.35. The van der Waals surface area contributed by atoms with E-state index in [4.69, 9.17) is 5.73 Å². The second kappa shape index (κ2) is 5.54. The number of amides is 1. The molecular formula is C9H12FN3O4S. The summed E-state index contributed by atoms with van der Waals surface area (Å²) in [7, 11) is -4.30. The van der Waals surface area contributed by atoms with E-state index in [1.165, 1.54) is 23.8 Å². The van der Waals surface area contributed by atoms with Gasteiger partial charge in [-0.25, -0.2) is 13.9 Å². The van der Waals surface area contributed by atoms with Crippen molar-refractivity contribution in [3.05, 3.63) is 24.0 Å². The number of halogens is 1. The number of nitrogen functional groups attached to an aromatic ring is 1. The zero-order valence-corrected chi connectivity index (χ0v) is 10.3. The van der Waals surface area contributed by atoms with Crippen LogP contribution in [0.3, 0.4) is 0 Å². The fourth-order valence-electron chi connectivity index (χ4n) is 1.08. The summed E-state index contributed by atoms with van der Waals surface area (Å²) in [5, 5.41) is 0. The highest BCUT2D eigenvalue weighted by Gasteiger charge is 2.18. The summed E-state index contributed by atoms with van der Waals surface area (Å²) in [4.78, 5) is 10.9. The van der Waals surface area contributed by atoms with E-state index in [-0.39, 0.29) is 12.3 Å². The quantitative estimate of drug-likeness (QED) is 0.705. The Morgan fingerprint density at radius 2 is 2.17 bits per heavy atom. The van der Waals surface area contributed by atoms with Crippen LogP contribution >= 0.6 is 0 Å². The van der Waals surface area contributed by atoms with Gasteiger partial charge in [0.2, 0.25) is 0 Å². The van der Waals surface area contributed by atoms with E-state index in [1.54, 1.807) is 4.72 Å². The van der Waals surface area contributed by atoms with Crippen LogP contribution in [0.2, 0.25) is 0 Å². The average Bonchev–Trinajstić information content (AvgIpc) is 2.23. The second-order valence-corrected chi connectivity index (χ2v) is 4.55. The van der Waals surface area contributed by atoms with Crippen LogP contribution in [0.5, 0.6) is 0 Å². The summed E-state index contributed by atoms with van der Waals surface area (Å²) in [6.45, 7) is 1.51. The van der Waals surface area contributed by atoms with Crippen LogP contribution in [0.15, 0.2) is 18.2 Å². The number of nitrogens with two attached hydrogens (primary N) is 1. The Bertz CT molecular complexity index is 526. The van der Waals surface area contributed by atoms with Crippen LogP contribution < -0.4 is 15.2 Å². The molecule has 1 rings (SSSR count). The lowest BCUT2D eigenvalue weighted by Crippen LogP contribution is -2.36. The standard InChI is InChI=1S/C9H12FN3O4S/c1-2-17-9(14)13-18(15,16)12-8-6(10)4-3-5-7(8)11/h3-5,12H,2,11H2,1H3,(H,13,14). The van der Waals surface area contributed by atoms with E-state index < -0.39 is 27.8 Å². The summed E-state index contributed by atoms with van der Waals surface area (Å²) in [6.07, 6.45) is -1.17. The van der Waals surface area contributed by atoms with Gasteiger partial charge in [0.1, 0.15) is 11.5 Å². The molecule has 0 aliphatic carbocycles. The zero-order valence-electron chi connectivity index (χ0n) is 9.44. The minimum atomic E-state index is -4.30. The Labute approximate surface area is 103 Å². The lowest BCUT2D eigenvalue weighted by molar-refractivity contribution is 0.159. The number of anilines is 2. The van der Waals surface area contributed by atoms with E-state index in [0.717, 1.165) is 6.07 Å². The Morgan fingerprint density at radius 3 is 2.72 bits per heavy atom. The van der Waals surface area contributed by atoms with Gasteiger partial charge in [0, 0.05) is 0 Å². The number of hydrogen-bond donors (Lipinski definition) is 3. The van der Waals surface area contributed by atoms with Crippen molar-refractivity contribution in [1.29, 1.82) is 0 Å². The van der Waals surface area contributed by atoms with E-state index in [9.17, 15) is 17.6 Å². The molecule has 1 amide bonds. The van der Waals surface area contributed by atoms with Crippen LogP contribution in [-0.4, -0.2) is 21.1 Å². The number of hydrogen-bond acceptors (Lipinski definition) is 5.